The number of benzene rings is 2. The van der Waals surface area contributed by atoms with E-state index in [2.05, 4.69) is 24.3 Å². The van der Waals surface area contributed by atoms with Crippen LogP contribution in [0.15, 0.2) is 60.7 Å². The summed E-state index contributed by atoms with van der Waals surface area (Å²) in [6, 6.07) is 20.6. The van der Waals surface area contributed by atoms with Crippen LogP contribution in [0.5, 0.6) is 0 Å². The molecule has 0 aliphatic carbocycles. The SMILES string of the molecule is Cc1cccc2nc(-c3cccc4ccccc34)c(N)n12. The van der Waals surface area contributed by atoms with Crippen molar-refractivity contribution in [2.24, 2.45) is 0 Å². The second-order valence-corrected chi connectivity index (χ2v) is 5.23. The number of fused-ring (bicyclic) bond motifs is 2. The van der Waals surface area contributed by atoms with E-state index in [0.717, 1.165) is 22.6 Å². The Kier molecular flexibility index (Phi) is 2.48. The van der Waals surface area contributed by atoms with E-state index in [0.29, 0.717) is 5.82 Å². The minimum atomic E-state index is 0.694. The van der Waals surface area contributed by atoms with Crippen molar-refractivity contribution < 1.29 is 0 Å². The Hall–Kier alpha value is -2.81. The molecule has 0 aliphatic heterocycles. The number of anilines is 1. The Morgan fingerprint density at radius 1 is 0.905 bits per heavy atom. The van der Waals surface area contributed by atoms with Gasteiger partial charge in [0.25, 0.3) is 0 Å². The lowest BCUT2D eigenvalue weighted by Gasteiger charge is -2.05. The number of nitrogens with two attached hydrogens (primary N) is 1. The van der Waals surface area contributed by atoms with Crippen LogP contribution >= 0.6 is 0 Å². The van der Waals surface area contributed by atoms with Crippen LogP contribution < -0.4 is 5.73 Å². The summed E-state index contributed by atoms with van der Waals surface area (Å²) in [5.74, 6) is 0.694. The molecule has 0 atom stereocenters. The maximum Gasteiger partial charge on any atom is 0.139 e. The van der Waals surface area contributed by atoms with E-state index in [1.807, 2.05) is 47.7 Å². The van der Waals surface area contributed by atoms with Crippen LogP contribution in [0, 0.1) is 6.92 Å². The monoisotopic (exact) mass is 273 g/mol. The highest BCUT2D eigenvalue weighted by atomic mass is 15.1. The molecule has 4 rings (SSSR count). The molecule has 0 aliphatic rings. The molecule has 21 heavy (non-hydrogen) atoms. The Balaban J connectivity index is 2.10. The fraction of sp³-hybridized carbons (Fsp3) is 0.0556. The minimum absolute atomic E-state index is 0.694. The summed E-state index contributed by atoms with van der Waals surface area (Å²) < 4.78 is 2.00. The van der Waals surface area contributed by atoms with Crippen molar-refractivity contribution in [3.63, 3.8) is 0 Å². The molecule has 2 aromatic heterocycles. The highest BCUT2D eigenvalue weighted by Crippen LogP contribution is 2.32. The first-order valence-corrected chi connectivity index (χ1v) is 6.97. The molecule has 0 unspecified atom stereocenters. The number of imidazole rings is 1. The molecule has 2 N–H and O–H groups in total. The predicted octanol–water partition coefficient (Wildman–Crippen LogP) is 4.05. The van der Waals surface area contributed by atoms with E-state index in [4.69, 9.17) is 10.7 Å². The largest absolute Gasteiger partial charge is 0.383 e. The topological polar surface area (TPSA) is 43.3 Å². The van der Waals surface area contributed by atoms with Crippen LogP contribution in [0.25, 0.3) is 27.7 Å². The minimum Gasteiger partial charge on any atom is -0.383 e. The van der Waals surface area contributed by atoms with Gasteiger partial charge >= 0.3 is 0 Å². The van der Waals surface area contributed by atoms with E-state index >= 15 is 0 Å². The van der Waals surface area contributed by atoms with Gasteiger partial charge in [-0.1, -0.05) is 48.5 Å². The number of rotatable bonds is 1. The number of pyridine rings is 1. The van der Waals surface area contributed by atoms with Gasteiger partial charge in [-0.3, -0.25) is 4.40 Å². The molecule has 0 bridgehead atoms. The van der Waals surface area contributed by atoms with Gasteiger partial charge in [-0.15, -0.1) is 0 Å². The van der Waals surface area contributed by atoms with E-state index in [1.165, 1.54) is 10.8 Å². The lowest BCUT2D eigenvalue weighted by molar-refractivity contribution is 1.10. The lowest BCUT2D eigenvalue weighted by atomic mass is 10.0. The van der Waals surface area contributed by atoms with Gasteiger partial charge in [0, 0.05) is 11.3 Å². The lowest BCUT2D eigenvalue weighted by Crippen LogP contribution is -1.97. The molecule has 102 valence electrons. The van der Waals surface area contributed by atoms with Gasteiger partial charge in [0.2, 0.25) is 0 Å². The molecule has 2 heterocycles. The van der Waals surface area contributed by atoms with Crippen LogP contribution in [0.4, 0.5) is 5.82 Å². The Labute approximate surface area is 122 Å². The van der Waals surface area contributed by atoms with Crippen LogP contribution in [0.3, 0.4) is 0 Å². The van der Waals surface area contributed by atoms with Crippen LogP contribution in [0.2, 0.25) is 0 Å². The van der Waals surface area contributed by atoms with Crippen molar-refractivity contribution in [1.82, 2.24) is 9.38 Å². The third kappa shape index (κ3) is 1.71. The average molecular weight is 273 g/mol. The summed E-state index contributed by atoms with van der Waals surface area (Å²) >= 11 is 0. The zero-order valence-electron chi connectivity index (χ0n) is 11.7. The van der Waals surface area contributed by atoms with E-state index < -0.39 is 0 Å². The highest BCUT2D eigenvalue weighted by Gasteiger charge is 2.14. The molecule has 2 aromatic carbocycles. The number of nitrogen functional groups attached to an aromatic ring is 1. The first kappa shape index (κ1) is 12.0. The summed E-state index contributed by atoms with van der Waals surface area (Å²) in [7, 11) is 0. The first-order valence-electron chi connectivity index (χ1n) is 6.97. The van der Waals surface area contributed by atoms with Gasteiger partial charge in [-0.25, -0.2) is 4.98 Å². The van der Waals surface area contributed by atoms with Gasteiger partial charge in [0.1, 0.15) is 17.2 Å². The number of hydrogen-bond donors (Lipinski definition) is 1. The molecule has 0 spiro atoms. The van der Waals surface area contributed by atoms with E-state index in [9.17, 15) is 0 Å². The molecule has 0 radical (unpaired) electrons. The smallest absolute Gasteiger partial charge is 0.139 e. The number of nitrogens with zero attached hydrogens (tertiary/aromatic N) is 2. The molecule has 0 fully saturated rings. The van der Waals surface area contributed by atoms with Gasteiger partial charge in [-0.2, -0.15) is 0 Å². The molecule has 0 amide bonds. The Bertz CT molecular complexity index is 961. The third-order valence-corrected chi connectivity index (χ3v) is 3.92. The second-order valence-electron chi connectivity index (χ2n) is 5.23. The fourth-order valence-corrected chi connectivity index (χ4v) is 2.91. The molecule has 4 aromatic rings. The zero-order valence-corrected chi connectivity index (χ0v) is 11.7. The summed E-state index contributed by atoms with van der Waals surface area (Å²) in [4.78, 5) is 4.73. The average Bonchev–Trinajstić information content (AvgIpc) is 2.85. The van der Waals surface area contributed by atoms with E-state index in [1.54, 1.807) is 0 Å². The van der Waals surface area contributed by atoms with Gasteiger partial charge in [0.15, 0.2) is 0 Å². The van der Waals surface area contributed by atoms with Crippen molar-refractivity contribution in [1.29, 1.82) is 0 Å². The molecule has 3 nitrogen and oxygen atoms in total. The molecule has 3 heteroatoms. The van der Waals surface area contributed by atoms with Gasteiger partial charge in [-0.05, 0) is 29.8 Å². The van der Waals surface area contributed by atoms with Crippen molar-refractivity contribution in [2.45, 2.75) is 6.92 Å². The number of aromatic nitrogens is 2. The van der Waals surface area contributed by atoms with Crippen molar-refractivity contribution in [3.8, 4) is 11.3 Å². The van der Waals surface area contributed by atoms with Crippen LogP contribution in [-0.4, -0.2) is 9.38 Å². The third-order valence-electron chi connectivity index (χ3n) is 3.92. The van der Waals surface area contributed by atoms with Crippen molar-refractivity contribution >= 4 is 22.2 Å². The van der Waals surface area contributed by atoms with Crippen molar-refractivity contribution in [2.75, 3.05) is 5.73 Å². The quantitative estimate of drug-likeness (QED) is 0.568. The van der Waals surface area contributed by atoms with Crippen LogP contribution in [0.1, 0.15) is 5.69 Å². The first-order chi connectivity index (χ1) is 10.3. The standard InChI is InChI=1S/C18H15N3/c1-12-6-4-11-16-20-17(18(19)21(12)16)15-10-5-8-13-7-2-3-9-14(13)15/h2-11H,19H2,1H3. The molecule has 0 saturated carbocycles. The number of aryl methyl sites for hydroxylation is 1. The normalized spacial score (nSPS) is 11.3. The summed E-state index contributed by atoms with van der Waals surface area (Å²) in [5, 5.41) is 2.37. The summed E-state index contributed by atoms with van der Waals surface area (Å²) in [5.41, 5.74) is 10.3. The number of hydrogen-bond acceptors (Lipinski definition) is 2. The maximum absolute atomic E-state index is 6.36. The Morgan fingerprint density at radius 3 is 2.52 bits per heavy atom. The predicted molar refractivity (Wildman–Crippen MR) is 87.3 cm³/mol. The van der Waals surface area contributed by atoms with Crippen molar-refractivity contribution in [3.05, 3.63) is 66.4 Å². The molecule has 0 saturated heterocycles. The van der Waals surface area contributed by atoms with Crippen LogP contribution in [-0.2, 0) is 0 Å². The van der Waals surface area contributed by atoms with Gasteiger partial charge in [0.05, 0.1) is 0 Å². The van der Waals surface area contributed by atoms with Gasteiger partial charge < -0.3 is 5.73 Å². The molecular formula is C18H15N3. The second kappa shape index (κ2) is 4.35. The maximum atomic E-state index is 6.36. The molecular weight excluding hydrogens is 258 g/mol. The summed E-state index contributed by atoms with van der Waals surface area (Å²) in [6.07, 6.45) is 0. The van der Waals surface area contributed by atoms with E-state index in [-0.39, 0.29) is 0 Å². The Morgan fingerprint density at radius 2 is 1.67 bits per heavy atom. The fourth-order valence-electron chi connectivity index (χ4n) is 2.91. The highest BCUT2D eigenvalue weighted by molar-refractivity contribution is 5.98. The summed E-state index contributed by atoms with van der Waals surface area (Å²) in [6.45, 7) is 2.04. The zero-order chi connectivity index (χ0) is 14.4.